The first-order valence-electron chi connectivity index (χ1n) is 21.2. The van der Waals surface area contributed by atoms with Crippen molar-refractivity contribution in [3.63, 3.8) is 0 Å². The molecule has 0 radical (unpaired) electrons. The summed E-state index contributed by atoms with van der Waals surface area (Å²) in [5.74, 6) is 0. The molecule has 0 aromatic heterocycles. The molecule has 1 aromatic rings. The lowest BCUT2D eigenvalue weighted by Gasteiger charge is -2.29. The fourth-order valence-corrected chi connectivity index (χ4v) is 7.16. The van der Waals surface area contributed by atoms with Gasteiger partial charge in [0.2, 0.25) is 0 Å². The highest BCUT2D eigenvalue weighted by Crippen LogP contribution is 2.29. The largest absolute Gasteiger partial charge is 0.376 e. The van der Waals surface area contributed by atoms with E-state index in [4.69, 9.17) is 0 Å². The van der Waals surface area contributed by atoms with E-state index < -0.39 is 0 Å². The molecule has 1 aromatic carbocycles. The van der Waals surface area contributed by atoms with Crippen molar-refractivity contribution in [2.24, 2.45) is 0 Å². The molecule has 0 aliphatic rings. The summed E-state index contributed by atoms with van der Waals surface area (Å²) in [6.45, 7) is 7.04. The van der Waals surface area contributed by atoms with E-state index in [1.54, 1.807) is 0 Å². The second-order valence-corrected chi connectivity index (χ2v) is 15.0. The van der Waals surface area contributed by atoms with Gasteiger partial charge in [-0.1, -0.05) is 219 Å². The Labute approximate surface area is 291 Å². The maximum Gasteiger partial charge on any atom is 0.0603 e. The Balaban J connectivity index is 2.13. The molecule has 1 rings (SSSR count). The Morgan fingerprint density at radius 2 is 0.565 bits per heavy atom. The SMILES string of the molecule is CCCCCCCCCCCCCCCCCCN(CCCCCCCCCCCCCCCCCC)c1ccccc1N(C)C. The normalized spacial score (nSPS) is 11.4. The van der Waals surface area contributed by atoms with Gasteiger partial charge in [-0.15, -0.1) is 0 Å². The molecule has 0 aliphatic carbocycles. The molecule has 0 heterocycles. The minimum Gasteiger partial charge on any atom is -0.376 e. The first kappa shape index (κ1) is 42.8. The Bertz CT molecular complexity index is 692. The predicted octanol–water partition coefficient (Wildman–Crippen LogP) is 15.1. The molecule has 0 fully saturated rings. The zero-order valence-corrected chi connectivity index (χ0v) is 32.2. The maximum atomic E-state index is 2.71. The van der Waals surface area contributed by atoms with Crippen molar-refractivity contribution < 1.29 is 0 Å². The fourth-order valence-electron chi connectivity index (χ4n) is 7.16. The van der Waals surface area contributed by atoms with Gasteiger partial charge in [0.1, 0.15) is 0 Å². The molecule has 0 spiro atoms. The average molecular weight is 641 g/mol. The van der Waals surface area contributed by atoms with Crippen LogP contribution in [0.2, 0.25) is 0 Å². The summed E-state index contributed by atoms with van der Waals surface area (Å²) >= 11 is 0. The van der Waals surface area contributed by atoms with Crippen LogP contribution in [0, 0.1) is 0 Å². The summed E-state index contributed by atoms with van der Waals surface area (Å²) in [7, 11) is 4.39. The third-order valence-corrected chi connectivity index (χ3v) is 10.3. The van der Waals surface area contributed by atoms with Crippen LogP contribution in [-0.2, 0) is 0 Å². The number of para-hydroxylation sites is 2. The minimum absolute atomic E-state index is 1.21. The molecule has 0 amide bonds. The number of hydrogen-bond acceptors (Lipinski definition) is 2. The van der Waals surface area contributed by atoms with Crippen molar-refractivity contribution in [2.45, 2.75) is 219 Å². The Morgan fingerprint density at radius 1 is 0.326 bits per heavy atom. The van der Waals surface area contributed by atoms with Crippen LogP contribution < -0.4 is 9.80 Å². The molecule has 0 atom stereocenters. The lowest BCUT2D eigenvalue weighted by Crippen LogP contribution is -2.27. The highest BCUT2D eigenvalue weighted by molar-refractivity contribution is 5.70. The van der Waals surface area contributed by atoms with E-state index in [1.165, 1.54) is 230 Å². The average Bonchev–Trinajstić information content (AvgIpc) is 3.06. The number of hydrogen-bond donors (Lipinski definition) is 0. The van der Waals surface area contributed by atoms with Gasteiger partial charge in [-0.25, -0.2) is 0 Å². The van der Waals surface area contributed by atoms with Crippen LogP contribution >= 0.6 is 0 Å². The summed E-state index contributed by atoms with van der Waals surface area (Å²) in [4.78, 5) is 5.01. The van der Waals surface area contributed by atoms with Crippen molar-refractivity contribution in [1.29, 1.82) is 0 Å². The van der Waals surface area contributed by atoms with Crippen molar-refractivity contribution in [3.05, 3.63) is 24.3 Å². The smallest absolute Gasteiger partial charge is 0.0603 e. The lowest BCUT2D eigenvalue weighted by atomic mass is 10.0. The monoisotopic (exact) mass is 641 g/mol. The second kappa shape index (κ2) is 33.7. The van der Waals surface area contributed by atoms with E-state index >= 15 is 0 Å². The van der Waals surface area contributed by atoms with Gasteiger partial charge >= 0.3 is 0 Å². The number of rotatable bonds is 36. The van der Waals surface area contributed by atoms with Gasteiger partial charge in [-0.05, 0) is 25.0 Å². The lowest BCUT2D eigenvalue weighted by molar-refractivity contribution is 0.524. The molecule has 270 valence electrons. The Hall–Kier alpha value is -1.18. The molecule has 0 bridgehead atoms. The first-order valence-corrected chi connectivity index (χ1v) is 21.2. The summed E-state index contributed by atoms with van der Waals surface area (Å²) in [6.07, 6.45) is 46.0. The number of nitrogens with zero attached hydrogens (tertiary/aromatic N) is 2. The number of benzene rings is 1. The molecule has 2 nitrogen and oxygen atoms in total. The van der Waals surface area contributed by atoms with Crippen LogP contribution in [0.25, 0.3) is 0 Å². The van der Waals surface area contributed by atoms with Crippen LogP contribution in [0.4, 0.5) is 11.4 Å². The highest BCUT2D eigenvalue weighted by Gasteiger charge is 2.12. The molecule has 0 aliphatic heterocycles. The summed E-state index contributed by atoms with van der Waals surface area (Å²) in [6, 6.07) is 9.08. The number of anilines is 2. The van der Waals surface area contributed by atoms with Gasteiger partial charge in [0.05, 0.1) is 11.4 Å². The van der Waals surface area contributed by atoms with Gasteiger partial charge in [0, 0.05) is 27.2 Å². The zero-order valence-electron chi connectivity index (χ0n) is 32.2. The van der Waals surface area contributed by atoms with Gasteiger partial charge in [0.15, 0.2) is 0 Å². The molecule has 0 unspecified atom stereocenters. The summed E-state index contributed by atoms with van der Waals surface area (Å²) < 4.78 is 0. The van der Waals surface area contributed by atoms with Crippen LogP contribution in [0.1, 0.15) is 219 Å². The summed E-state index contributed by atoms with van der Waals surface area (Å²) in [5, 5.41) is 0. The second-order valence-electron chi connectivity index (χ2n) is 15.0. The van der Waals surface area contributed by atoms with Crippen molar-refractivity contribution in [2.75, 3.05) is 37.0 Å². The topological polar surface area (TPSA) is 6.48 Å². The van der Waals surface area contributed by atoms with Crippen LogP contribution in [0.5, 0.6) is 0 Å². The van der Waals surface area contributed by atoms with Gasteiger partial charge in [-0.2, -0.15) is 0 Å². The van der Waals surface area contributed by atoms with Gasteiger partial charge in [-0.3, -0.25) is 0 Å². The van der Waals surface area contributed by atoms with Crippen molar-refractivity contribution in [3.8, 4) is 0 Å². The first-order chi connectivity index (χ1) is 22.7. The standard InChI is InChI=1S/C44H84N2/c1-5-7-9-11-13-15-17-19-21-23-25-27-29-31-33-37-41-46(44-40-36-35-39-43(44)45(3)4)42-38-34-32-30-28-26-24-22-20-18-16-14-12-10-8-6-2/h35-36,39-40H,5-34,37-38,41-42H2,1-4H3. The predicted molar refractivity (Wildman–Crippen MR) is 212 cm³/mol. The van der Waals surface area contributed by atoms with E-state index in [2.05, 4.69) is 62.0 Å². The Morgan fingerprint density at radius 3 is 0.826 bits per heavy atom. The van der Waals surface area contributed by atoms with E-state index in [0.717, 1.165) is 0 Å². The third-order valence-electron chi connectivity index (χ3n) is 10.3. The Kier molecular flexibility index (Phi) is 31.4. The van der Waals surface area contributed by atoms with Crippen molar-refractivity contribution >= 4 is 11.4 Å². The highest BCUT2D eigenvalue weighted by atomic mass is 15.2. The van der Waals surface area contributed by atoms with Crippen LogP contribution in [0.3, 0.4) is 0 Å². The van der Waals surface area contributed by atoms with Gasteiger partial charge < -0.3 is 9.80 Å². The molecule has 2 heteroatoms. The zero-order chi connectivity index (χ0) is 33.2. The molecule has 0 saturated heterocycles. The molecule has 46 heavy (non-hydrogen) atoms. The van der Waals surface area contributed by atoms with Gasteiger partial charge in [0.25, 0.3) is 0 Å². The molecule has 0 saturated carbocycles. The molecular weight excluding hydrogens is 556 g/mol. The summed E-state index contributed by atoms with van der Waals surface area (Å²) in [5.41, 5.74) is 2.81. The van der Waals surface area contributed by atoms with E-state index in [9.17, 15) is 0 Å². The quantitative estimate of drug-likeness (QED) is 0.0673. The van der Waals surface area contributed by atoms with E-state index in [-0.39, 0.29) is 0 Å². The van der Waals surface area contributed by atoms with E-state index in [1.807, 2.05) is 0 Å². The minimum atomic E-state index is 1.21. The number of unbranched alkanes of at least 4 members (excludes halogenated alkanes) is 30. The third kappa shape index (κ3) is 25.9. The molecule has 0 N–H and O–H groups in total. The van der Waals surface area contributed by atoms with E-state index in [0.29, 0.717) is 0 Å². The van der Waals surface area contributed by atoms with Crippen LogP contribution in [0.15, 0.2) is 24.3 Å². The molecular formula is C44H84N2. The fraction of sp³-hybridized carbons (Fsp3) is 0.864. The van der Waals surface area contributed by atoms with Crippen LogP contribution in [-0.4, -0.2) is 27.2 Å². The maximum absolute atomic E-state index is 2.71. The van der Waals surface area contributed by atoms with Crippen molar-refractivity contribution in [1.82, 2.24) is 0 Å².